The van der Waals surface area contributed by atoms with Gasteiger partial charge >= 0.3 is 12.1 Å². The van der Waals surface area contributed by atoms with Crippen molar-refractivity contribution in [2.24, 2.45) is 5.92 Å². The van der Waals surface area contributed by atoms with Crippen molar-refractivity contribution >= 4 is 26.0 Å². The molecule has 1 aromatic carbocycles. The van der Waals surface area contributed by atoms with Gasteiger partial charge in [0.15, 0.2) is 0 Å². The van der Waals surface area contributed by atoms with E-state index in [0.717, 1.165) is 37.3 Å². The first-order valence-corrected chi connectivity index (χ1v) is 18.1. The van der Waals surface area contributed by atoms with E-state index in [2.05, 4.69) is 30.3 Å². The van der Waals surface area contributed by atoms with Crippen LogP contribution in [-0.2, 0) is 30.4 Å². The first kappa shape index (κ1) is 32.8. The summed E-state index contributed by atoms with van der Waals surface area (Å²) in [4.78, 5) is 38.2. The van der Waals surface area contributed by atoms with Crippen molar-refractivity contribution in [2.45, 2.75) is 122 Å². The highest BCUT2D eigenvalue weighted by molar-refractivity contribution is 6.76. The highest BCUT2D eigenvalue weighted by Gasteiger charge is 2.30. The Kier molecular flexibility index (Phi) is 13.5. The summed E-state index contributed by atoms with van der Waals surface area (Å²) in [6.45, 7) is 12.9. The number of amides is 2. The van der Waals surface area contributed by atoms with Gasteiger partial charge in [0.25, 0.3) is 0 Å². The summed E-state index contributed by atoms with van der Waals surface area (Å²) in [5.74, 6) is -0.309. The van der Waals surface area contributed by atoms with Gasteiger partial charge in [-0.2, -0.15) is 0 Å². The zero-order valence-electron chi connectivity index (χ0n) is 24.8. The standard InChI is InChI=1S/C30H50N2O6Si/c1-30(2,3)38-29(35)31-25(24-15-11-8-12-16-24)21-26(33)32-27(37-22-23-13-9-7-10-14-23)17-18-28(34)36-19-20-39(4,5)6/h7,9-10,13-14,24-25,27H,8,11-12,15-22H2,1-6H3,(H,31,35)(H,32,33). The van der Waals surface area contributed by atoms with Crippen LogP contribution in [0, 0.1) is 5.92 Å². The van der Waals surface area contributed by atoms with E-state index >= 15 is 0 Å². The van der Waals surface area contributed by atoms with Crippen LogP contribution < -0.4 is 10.6 Å². The van der Waals surface area contributed by atoms with E-state index in [0.29, 0.717) is 19.6 Å². The van der Waals surface area contributed by atoms with Crippen LogP contribution in [0.15, 0.2) is 30.3 Å². The zero-order valence-corrected chi connectivity index (χ0v) is 25.8. The fraction of sp³-hybridized carbons (Fsp3) is 0.700. The molecule has 0 saturated heterocycles. The Bertz CT molecular complexity index is 891. The van der Waals surface area contributed by atoms with Crippen molar-refractivity contribution in [1.82, 2.24) is 10.6 Å². The Morgan fingerprint density at radius 1 is 1.00 bits per heavy atom. The molecule has 2 N–H and O–H groups in total. The molecular weight excluding hydrogens is 512 g/mol. The van der Waals surface area contributed by atoms with Crippen LogP contribution in [0.5, 0.6) is 0 Å². The number of esters is 1. The highest BCUT2D eigenvalue weighted by atomic mass is 28.3. The maximum Gasteiger partial charge on any atom is 0.407 e. The molecule has 39 heavy (non-hydrogen) atoms. The summed E-state index contributed by atoms with van der Waals surface area (Å²) in [6.07, 6.45) is 4.67. The molecular formula is C30H50N2O6Si. The lowest BCUT2D eigenvalue weighted by atomic mass is 9.82. The van der Waals surface area contributed by atoms with E-state index < -0.39 is 26.0 Å². The van der Waals surface area contributed by atoms with Gasteiger partial charge in [-0.3, -0.25) is 9.59 Å². The van der Waals surface area contributed by atoms with E-state index in [9.17, 15) is 14.4 Å². The van der Waals surface area contributed by atoms with E-state index in [1.54, 1.807) is 0 Å². The molecule has 1 fully saturated rings. The Morgan fingerprint density at radius 3 is 2.28 bits per heavy atom. The van der Waals surface area contributed by atoms with Crippen molar-refractivity contribution < 1.29 is 28.6 Å². The Hall–Kier alpha value is -2.39. The average molecular weight is 563 g/mol. The Balaban J connectivity index is 2.00. The fourth-order valence-corrected chi connectivity index (χ4v) is 5.24. The first-order valence-electron chi connectivity index (χ1n) is 14.4. The van der Waals surface area contributed by atoms with Crippen LogP contribution in [0.3, 0.4) is 0 Å². The number of carbonyl (C=O) groups is 3. The highest BCUT2D eigenvalue weighted by Crippen LogP contribution is 2.28. The van der Waals surface area contributed by atoms with Crippen LogP contribution in [0.4, 0.5) is 4.79 Å². The van der Waals surface area contributed by atoms with Crippen molar-refractivity contribution in [3.8, 4) is 0 Å². The van der Waals surface area contributed by atoms with Gasteiger partial charge in [-0.05, 0) is 51.1 Å². The van der Waals surface area contributed by atoms with Crippen LogP contribution in [0.2, 0.25) is 25.7 Å². The average Bonchev–Trinajstić information content (AvgIpc) is 2.84. The Morgan fingerprint density at radius 2 is 1.67 bits per heavy atom. The number of nitrogens with one attached hydrogen (secondary N) is 2. The minimum atomic E-state index is -1.29. The third kappa shape index (κ3) is 15.1. The molecule has 0 aromatic heterocycles. The summed E-state index contributed by atoms with van der Waals surface area (Å²) in [5.41, 5.74) is 0.352. The number of ether oxygens (including phenoxy) is 3. The molecule has 0 spiro atoms. The third-order valence-electron chi connectivity index (χ3n) is 6.67. The number of hydrogen-bond acceptors (Lipinski definition) is 6. The topological polar surface area (TPSA) is 103 Å². The van der Waals surface area contributed by atoms with Crippen LogP contribution in [0.1, 0.15) is 77.7 Å². The smallest absolute Gasteiger partial charge is 0.407 e. The normalized spacial score (nSPS) is 16.2. The molecule has 8 nitrogen and oxygen atoms in total. The van der Waals surface area contributed by atoms with Crippen molar-refractivity contribution in [1.29, 1.82) is 0 Å². The zero-order chi connectivity index (χ0) is 28.9. The SMILES string of the molecule is CC(C)(C)OC(=O)NC(CC(=O)NC(CCC(=O)OCC[Si](C)(C)C)OCc1ccccc1)C1CCCCC1. The Labute approximate surface area is 235 Å². The fourth-order valence-electron chi connectivity index (χ4n) is 4.53. The number of benzene rings is 1. The molecule has 1 aliphatic rings. The number of rotatable bonds is 14. The number of hydrogen-bond donors (Lipinski definition) is 2. The molecule has 0 radical (unpaired) electrons. The van der Waals surface area contributed by atoms with Gasteiger partial charge in [-0.1, -0.05) is 69.2 Å². The molecule has 0 aliphatic heterocycles. The number of carbonyl (C=O) groups excluding carboxylic acids is 3. The largest absolute Gasteiger partial charge is 0.466 e. The molecule has 2 rings (SSSR count). The van der Waals surface area contributed by atoms with Gasteiger partial charge in [0, 0.05) is 33.4 Å². The van der Waals surface area contributed by atoms with Gasteiger partial charge in [0.05, 0.1) is 13.2 Å². The summed E-state index contributed by atoms with van der Waals surface area (Å²) in [6, 6.07) is 10.3. The van der Waals surface area contributed by atoms with Gasteiger partial charge in [-0.15, -0.1) is 0 Å². The van der Waals surface area contributed by atoms with Crippen LogP contribution in [-0.4, -0.2) is 50.5 Å². The molecule has 2 atom stereocenters. The molecule has 2 unspecified atom stereocenters. The van der Waals surface area contributed by atoms with Gasteiger partial charge < -0.3 is 24.8 Å². The molecule has 220 valence electrons. The maximum atomic E-state index is 13.2. The molecule has 2 amide bonds. The minimum Gasteiger partial charge on any atom is -0.466 e. The van der Waals surface area contributed by atoms with Gasteiger partial charge in [0.2, 0.25) is 5.91 Å². The lowest BCUT2D eigenvalue weighted by molar-refractivity contribution is -0.145. The molecule has 1 aromatic rings. The molecule has 0 heterocycles. The second-order valence-electron chi connectivity index (χ2n) is 12.8. The van der Waals surface area contributed by atoms with Crippen molar-refractivity contribution in [3.63, 3.8) is 0 Å². The summed E-state index contributed by atoms with van der Waals surface area (Å²) >= 11 is 0. The molecule has 0 bridgehead atoms. The van der Waals surface area contributed by atoms with E-state index in [4.69, 9.17) is 14.2 Å². The van der Waals surface area contributed by atoms with Crippen molar-refractivity contribution in [2.75, 3.05) is 6.61 Å². The van der Waals surface area contributed by atoms with E-state index in [1.165, 1.54) is 6.42 Å². The monoisotopic (exact) mass is 562 g/mol. The quantitative estimate of drug-likeness (QED) is 0.160. The van der Waals surface area contributed by atoms with Gasteiger partial charge in [0.1, 0.15) is 11.8 Å². The van der Waals surface area contributed by atoms with Crippen molar-refractivity contribution in [3.05, 3.63) is 35.9 Å². The molecule has 1 aliphatic carbocycles. The van der Waals surface area contributed by atoms with Gasteiger partial charge in [-0.25, -0.2) is 4.79 Å². The molecule has 1 saturated carbocycles. The minimum absolute atomic E-state index is 0.121. The predicted molar refractivity (Wildman–Crippen MR) is 156 cm³/mol. The second kappa shape index (κ2) is 16.0. The van der Waals surface area contributed by atoms with Crippen LogP contribution >= 0.6 is 0 Å². The third-order valence-corrected chi connectivity index (χ3v) is 8.37. The summed E-state index contributed by atoms with van der Waals surface area (Å²) in [5, 5.41) is 5.92. The van der Waals surface area contributed by atoms with E-state index in [-0.39, 0.29) is 36.7 Å². The van der Waals surface area contributed by atoms with E-state index in [1.807, 2.05) is 51.1 Å². The predicted octanol–water partition coefficient (Wildman–Crippen LogP) is 6.17. The van der Waals surface area contributed by atoms with Crippen LogP contribution in [0.25, 0.3) is 0 Å². The first-order chi connectivity index (χ1) is 18.3. The summed E-state index contributed by atoms with van der Waals surface area (Å²) in [7, 11) is -1.29. The lowest BCUT2D eigenvalue weighted by Crippen LogP contribution is -2.47. The second-order valence-corrected chi connectivity index (χ2v) is 18.4. The number of alkyl carbamates (subject to hydrolysis) is 1. The maximum absolute atomic E-state index is 13.2. The molecule has 9 heteroatoms. The lowest BCUT2D eigenvalue weighted by Gasteiger charge is -2.32. The summed E-state index contributed by atoms with van der Waals surface area (Å²) < 4.78 is 16.9.